The van der Waals surface area contributed by atoms with Crippen LogP contribution in [-0.4, -0.2) is 30.0 Å². The maximum atomic E-state index is 12.3. The molecule has 0 saturated heterocycles. The lowest BCUT2D eigenvalue weighted by atomic mass is 10.1. The van der Waals surface area contributed by atoms with Gasteiger partial charge in [-0.05, 0) is 30.4 Å². The summed E-state index contributed by atoms with van der Waals surface area (Å²) in [6.07, 6.45) is 7.68. The van der Waals surface area contributed by atoms with Gasteiger partial charge in [0, 0.05) is 24.6 Å². The molecule has 1 amide bonds. The number of aromatic amines is 1. The number of aromatic nitrogens is 1. The summed E-state index contributed by atoms with van der Waals surface area (Å²) in [4.78, 5) is 27.1. The van der Waals surface area contributed by atoms with Gasteiger partial charge in [-0.1, -0.05) is 43.9 Å². The first-order valence-electron chi connectivity index (χ1n) is 8.88. The van der Waals surface area contributed by atoms with E-state index in [0.29, 0.717) is 12.6 Å². The fourth-order valence-electron chi connectivity index (χ4n) is 3.35. The van der Waals surface area contributed by atoms with Crippen LogP contribution >= 0.6 is 12.4 Å². The van der Waals surface area contributed by atoms with Crippen molar-refractivity contribution in [2.45, 2.75) is 44.6 Å². The van der Waals surface area contributed by atoms with Crippen molar-refractivity contribution in [2.75, 3.05) is 13.1 Å². The van der Waals surface area contributed by atoms with E-state index >= 15 is 0 Å². The van der Waals surface area contributed by atoms with Crippen molar-refractivity contribution in [1.29, 1.82) is 0 Å². The fourth-order valence-corrected chi connectivity index (χ4v) is 3.35. The minimum atomic E-state index is -0.345. The molecule has 1 aliphatic rings. The number of carbonyl (C=O) groups excluding carboxylic acids is 1. The van der Waals surface area contributed by atoms with Crippen LogP contribution in [0.25, 0.3) is 10.9 Å². The van der Waals surface area contributed by atoms with Crippen LogP contribution in [0.3, 0.4) is 0 Å². The van der Waals surface area contributed by atoms with E-state index in [1.165, 1.54) is 38.5 Å². The second-order valence-corrected chi connectivity index (χ2v) is 6.50. The molecule has 0 radical (unpaired) electrons. The molecule has 0 unspecified atom stereocenters. The molecule has 3 N–H and O–H groups in total. The van der Waals surface area contributed by atoms with Crippen LogP contribution < -0.4 is 16.2 Å². The number of nitrogens with one attached hydrogen (secondary N) is 3. The Hall–Kier alpha value is -1.85. The van der Waals surface area contributed by atoms with Crippen LogP contribution in [0, 0.1) is 0 Å². The summed E-state index contributed by atoms with van der Waals surface area (Å²) in [5.74, 6) is -0.315. The topological polar surface area (TPSA) is 74.0 Å². The van der Waals surface area contributed by atoms with Crippen molar-refractivity contribution in [3.05, 3.63) is 46.2 Å². The molecule has 0 bridgehead atoms. The van der Waals surface area contributed by atoms with E-state index in [9.17, 15) is 9.59 Å². The number of rotatable bonds is 5. The summed E-state index contributed by atoms with van der Waals surface area (Å²) in [6, 6.07) is 9.68. The highest BCUT2D eigenvalue weighted by Gasteiger charge is 2.13. The molecule has 1 saturated carbocycles. The minimum Gasteiger partial charge on any atom is -0.351 e. The Morgan fingerprint density at radius 1 is 1.08 bits per heavy atom. The predicted octanol–water partition coefficient (Wildman–Crippen LogP) is 2.99. The molecule has 25 heavy (non-hydrogen) atoms. The van der Waals surface area contributed by atoms with Gasteiger partial charge in [0.15, 0.2) is 0 Å². The number of hydrogen-bond acceptors (Lipinski definition) is 3. The molecule has 0 atom stereocenters. The Labute approximate surface area is 154 Å². The van der Waals surface area contributed by atoms with Crippen LogP contribution in [0.1, 0.15) is 48.9 Å². The Kier molecular flexibility index (Phi) is 7.47. The molecular formula is C19H26ClN3O2. The van der Waals surface area contributed by atoms with E-state index in [4.69, 9.17) is 0 Å². The van der Waals surface area contributed by atoms with Gasteiger partial charge in [0.1, 0.15) is 5.56 Å². The minimum absolute atomic E-state index is 0. The highest BCUT2D eigenvalue weighted by molar-refractivity contribution is 5.97. The number of fused-ring (bicyclic) bond motifs is 1. The van der Waals surface area contributed by atoms with Crippen LogP contribution in [0.15, 0.2) is 35.1 Å². The number of halogens is 1. The predicted molar refractivity (Wildman–Crippen MR) is 104 cm³/mol. The monoisotopic (exact) mass is 363 g/mol. The molecule has 1 fully saturated rings. The second kappa shape index (κ2) is 9.59. The van der Waals surface area contributed by atoms with Crippen LogP contribution in [0.2, 0.25) is 0 Å². The number of carbonyl (C=O) groups is 1. The Morgan fingerprint density at radius 2 is 1.80 bits per heavy atom. The van der Waals surface area contributed by atoms with Crippen LogP contribution in [-0.2, 0) is 0 Å². The molecule has 0 spiro atoms. The molecule has 3 rings (SSSR count). The normalized spacial score (nSPS) is 15.4. The van der Waals surface area contributed by atoms with Gasteiger partial charge < -0.3 is 15.6 Å². The second-order valence-electron chi connectivity index (χ2n) is 6.50. The van der Waals surface area contributed by atoms with Crippen molar-refractivity contribution in [3.63, 3.8) is 0 Å². The highest BCUT2D eigenvalue weighted by atomic mass is 35.5. The molecule has 1 aromatic heterocycles. The average molecular weight is 364 g/mol. The standard InChI is InChI=1S/C19H25N3O2.ClH/c23-18(21-12-11-20-15-8-3-1-2-4-9-15)16-13-14-7-5-6-10-17(14)22-19(16)24;/h5-7,10,13,15,20H,1-4,8-9,11-12H2,(H,21,23)(H,22,24);1H. The SMILES string of the molecule is Cl.O=C(NCCNC1CCCCCC1)c1cc2ccccc2[nH]c1=O. The quantitative estimate of drug-likeness (QED) is 0.564. The third kappa shape index (κ3) is 5.31. The first-order valence-corrected chi connectivity index (χ1v) is 8.88. The maximum Gasteiger partial charge on any atom is 0.261 e. The molecule has 2 aromatic rings. The van der Waals surface area contributed by atoms with E-state index in [2.05, 4.69) is 15.6 Å². The van der Waals surface area contributed by atoms with E-state index in [-0.39, 0.29) is 29.4 Å². The van der Waals surface area contributed by atoms with Crippen LogP contribution in [0.4, 0.5) is 0 Å². The third-order valence-corrected chi connectivity index (χ3v) is 4.70. The zero-order valence-corrected chi connectivity index (χ0v) is 15.2. The van der Waals surface area contributed by atoms with Gasteiger partial charge in [0.25, 0.3) is 11.5 Å². The van der Waals surface area contributed by atoms with E-state index in [0.717, 1.165) is 17.4 Å². The summed E-state index contributed by atoms with van der Waals surface area (Å²) in [7, 11) is 0. The summed E-state index contributed by atoms with van der Waals surface area (Å²) in [6.45, 7) is 1.27. The first kappa shape index (κ1) is 19.5. The zero-order valence-electron chi connectivity index (χ0n) is 14.3. The average Bonchev–Trinajstić information content (AvgIpc) is 2.86. The maximum absolute atomic E-state index is 12.3. The molecule has 0 aliphatic heterocycles. The Bertz CT molecular complexity index is 752. The number of hydrogen-bond donors (Lipinski definition) is 3. The number of amides is 1. The molecule has 1 heterocycles. The van der Waals surface area contributed by atoms with Crippen molar-refractivity contribution >= 4 is 29.2 Å². The molecule has 6 heteroatoms. The third-order valence-electron chi connectivity index (χ3n) is 4.70. The Morgan fingerprint density at radius 3 is 2.56 bits per heavy atom. The zero-order chi connectivity index (χ0) is 16.8. The number of benzene rings is 1. The Balaban J connectivity index is 0.00000225. The van der Waals surface area contributed by atoms with Gasteiger partial charge in [-0.25, -0.2) is 0 Å². The largest absolute Gasteiger partial charge is 0.351 e. The van der Waals surface area contributed by atoms with Crippen molar-refractivity contribution < 1.29 is 4.79 Å². The van der Waals surface area contributed by atoms with Crippen molar-refractivity contribution in [3.8, 4) is 0 Å². The van der Waals surface area contributed by atoms with E-state index in [1.807, 2.05) is 24.3 Å². The molecule has 5 nitrogen and oxygen atoms in total. The number of pyridine rings is 1. The summed E-state index contributed by atoms with van der Waals surface area (Å²) in [5.41, 5.74) is 0.570. The van der Waals surface area contributed by atoms with Gasteiger partial charge in [0.2, 0.25) is 0 Å². The molecule has 1 aliphatic carbocycles. The fraction of sp³-hybridized carbons (Fsp3) is 0.474. The lowest BCUT2D eigenvalue weighted by Gasteiger charge is -2.16. The summed E-state index contributed by atoms with van der Waals surface area (Å²) in [5, 5.41) is 7.21. The van der Waals surface area contributed by atoms with E-state index in [1.54, 1.807) is 6.07 Å². The first-order chi connectivity index (χ1) is 11.7. The number of para-hydroxylation sites is 1. The molecule has 1 aromatic carbocycles. The number of H-pyrrole nitrogens is 1. The summed E-state index contributed by atoms with van der Waals surface area (Å²) >= 11 is 0. The van der Waals surface area contributed by atoms with Gasteiger partial charge in [0.05, 0.1) is 0 Å². The van der Waals surface area contributed by atoms with Gasteiger partial charge in [-0.2, -0.15) is 0 Å². The summed E-state index contributed by atoms with van der Waals surface area (Å²) < 4.78 is 0. The smallest absolute Gasteiger partial charge is 0.261 e. The van der Waals surface area contributed by atoms with Crippen molar-refractivity contribution in [1.82, 2.24) is 15.6 Å². The van der Waals surface area contributed by atoms with Gasteiger partial charge in [-0.15, -0.1) is 12.4 Å². The van der Waals surface area contributed by atoms with Crippen LogP contribution in [0.5, 0.6) is 0 Å². The van der Waals surface area contributed by atoms with Crippen molar-refractivity contribution in [2.24, 2.45) is 0 Å². The van der Waals surface area contributed by atoms with E-state index < -0.39 is 0 Å². The van der Waals surface area contributed by atoms with Gasteiger partial charge in [-0.3, -0.25) is 9.59 Å². The highest BCUT2D eigenvalue weighted by Crippen LogP contribution is 2.16. The lowest BCUT2D eigenvalue weighted by Crippen LogP contribution is -2.38. The molecular weight excluding hydrogens is 338 g/mol. The lowest BCUT2D eigenvalue weighted by molar-refractivity contribution is 0.0952. The molecule has 136 valence electrons. The van der Waals surface area contributed by atoms with Gasteiger partial charge >= 0.3 is 0 Å².